The minimum Gasteiger partial charge on any atom is -0.383 e. The van der Waals surface area contributed by atoms with Gasteiger partial charge in [-0.3, -0.25) is 10.1 Å². The van der Waals surface area contributed by atoms with Crippen LogP contribution < -0.4 is 5.32 Å². The molecule has 0 radical (unpaired) electrons. The van der Waals surface area contributed by atoms with Crippen LogP contribution in [0.2, 0.25) is 0 Å². The first kappa shape index (κ1) is 14.4. The second kappa shape index (κ2) is 4.91. The number of hydrogen-bond acceptors (Lipinski definition) is 5. The number of nitrogens with one attached hydrogen (secondary N) is 1. The summed E-state index contributed by atoms with van der Waals surface area (Å²) >= 11 is 0. The van der Waals surface area contributed by atoms with E-state index in [0.29, 0.717) is 5.56 Å². The standard InChI is InChI=1S/C10H15N3O4S/c1-7-5-9(13(14)15)8(11-2)6-10(7)18(16,17)12(3)4/h5-6,11H,1-4H3. The van der Waals surface area contributed by atoms with Crippen molar-refractivity contribution in [3.8, 4) is 0 Å². The largest absolute Gasteiger partial charge is 0.383 e. The smallest absolute Gasteiger partial charge is 0.292 e. The number of nitro groups is 1. The van der Waals surface area contributed by atoms with Gasteiger partial charge in [-0.1, -0.05) is 0 Å². The zero-order valence-corrected chi connectivity index (χ0v) is 11.4. The molecule has 0 atom stereocenters. The van der Waals surface area contributed by atoms with Crippen molar-refractivity contribution in [2.45, 2.75) is 11.8 Å². The van der Waals surface area contributed by atoms with Crippen LogP contribution in [0.25, 0.3) is 0 Å². The third-order valence-electron chi connectivity index (χ3n) is 2.52. The lowest BCUT2D eigenvalue weighted by Crippen LogP contribution is -2.23. The average Bonchev–Trinajstić information content (AvgIpc) is 2.27. The van der Waals surface area contributed by atoms with E-state index in [4.69, 9.17) is 0 Å². The molecule has 1 rings (SSSR count). The highest BCUT2D eigenvalue weighted by atomic mass is 32.2. The van der Waals surface area contributed by atoms with Crippen molar-refractivity contribution in [2.75, 3.05) is 26.5 Å². The summed E-state index contributed by atoms with van der Waals surface area (Å²) in [7, 11) is 0.716. The minimum absolute atomic E-state index is 0.0578. The van der Waals surface area contributed by atoms with Crippen LogP contribution in [0.5, 0.6) is 0 Å². The molecule has 0 spiro atoms. The number of hydrogen-bond donors (Lipinski definition) is 1. The van der Waals surface area contributed by atoms with Gasteiger partial charge in [-0.05, 0) is 18.6 Å². The molecule has 0 aliphatic rings. The fourth-order valence-electron chi connectivity index (χ4n) is 1.50. The fourth-order valence-corrected chi connectivity index (χ4v) is 2.62. The van der Waals surface area contributed by atoms with Gasteiger partial charge in [0.05, 0.1) is 9.82 Å². The summed E-state index contributed by atoms with van der Waals surface area (Å²) in [5.41, 5.74) is 0.369. The van der Waals surface area contributed by atoms with Crippen LogP contribution in [-0.4, -0.2) is 38.8 Å². The molecule has 0 fully saturated rings. The molecule has 0 aromatic heterocycles. The van der Waals surface area contributed by atoms with Gasteiger partial charge >= 0.3 is 0 Å². The molecule has 0 amide bonds. The maximum atomic E-state index is 12.0. The van der Waals surface area contributed by atoms with Gasteiger partial charge < -0.3 is 5.32 Å². The first-order chi connectivity index (χ1) is 8.21. The van der Waals surface area contributed by atoms with Crippen LogP contribution in [0, 0.1) is 17.0 Å². The number of rotatable bonds is 4. The van der Waals surface area contributed by atoms with Crippen LogP contribution >= 0.6 is 0 Å². The highest BCUT2D eigenvalue weighted by Gasteiger charge is 2.24. The number of anilines is 1. The van der Waals surface area contributed by atoms with E-state index in [2.05, 4.69) is 5.32 Å². The van der Waals surface area contributed by atoms with Crippen LogP contribution in [0.1, 0.15) is 5.56 Å². The van der Waals surface area contributed by atoms with Crippen molar-refractivity contribution < 1.29 is 13.3 Å². The maximum Gasteiger partial charge on any atom is 0.292 e. The molecule has 0 aliphatic heterocycles. The van der Waals surface area contributed by atoms with E-state index in [1.807, 2.05) is 0 Å². The second-order valence-corrected chi connectivity index (χ2v) is 6.05. The van der Waals surface area contributed by atoms with Crippen molar-refractivity contribution >= 4 is 21.4 Å². The van der Waals surface area contributed by atoms with Crippen LogP contribution in [0.4, 0.5) is 11.4 Å². The average molecular weight is 273 g/mol. The maximum absolute atomic E-state index is 12.0. The van der Waals surface area contributed by atoms with Gasteiger partial charge in [0.2, 0.25) is 10.0 Å². The van der Waals surface area contributed by atoms with Crippen molar-refractivity contribution in [2.24, 2.45) is 0 Å². The van der Waals surface area contributed by atoms with Gasteiger partial charge in [0.1, 0.15) is 5.69 Å². The van der Waals surface area contributed by atoms with E-state index >= 15 is 0 Å². The molecule has 0 heterocycles. The van der Waals surface area contributed by atoms with Crippen LogP contribution in [0.3, 0.4) is 0 Å². The Morgan fingerprint density at radius 3 is 2.28 bits per heavy atom. The molecule has 8 heteroatoms. The number of benzene rings is 1. The summed E-state index contributed by atoms with van der Waals surface area (Å²) in [6, 6.07) is 2.53. The lowest BCUT2D eigenvalue weighted by molar-refractivity contribution is -0.384. The normalized spacial score (nSPS) is 11.6. The Bertz CT molecular complexity index is 581. The van der Waals surface area contributed by atoms with Crippen molar-refractivity contribution in [3.05, 3.63) is 27.8 Å². The van der Waals surface area contributed by atoms with Crippen molar-refractivity contribution in [1.29, 1.82) is 0 Å². The quantitative estimate of drug-likeness (QED) is 0.657. The van der Waals surface area contributed by atoms with E-state index in [0.717, 1.165) is 4.31 Å². The molecular formula is C10H15N3O4S. The van der Waals surface area contributed by atoms with E-state index in [-0.39, 0.29) is 16.3 Å². The fraction of sp³-hybridized carbons (Fsp3) is 0.400. The highest BCUT2D eigenvalue weighted by molar-refractivity contribution is 7.89. The number of aryl methyl sites for hydroxylation is 1. The van der Waals surface area contributed by atoms with E-state index in [9.17, 15) is 18.5 Å². The Balaban J connectivity index is 3.56. The van der Waals surface area contributed by atoms with Crippen LogP contribution in [-0.2, 0) is 10.0 Å². The lowest BCUT2D eigenvalue weighted by atomic mass is 10.2. The van der Waals surface area contributed by atoms with E-state index in [1.54, 1.807) is 0 Å². The Morgan fingerprint density at radius 2 is 1.89 bits per heavy atom. The van der Waals surface area contributed by atoms with E-state index < -0.39 is 14.9 Å². The SMILES string of the molecule is CNc1cc(S(=O)(=O)N(C)C)c(C)cc1[N+](=O)[O-]. The topological polar surface area (TPSA) is 92.6 Å². The van der Waals surface area contributed by atoms with Gasteiger partial charge in [0.25, 0.3) is 5.69 Å². The third kappa shape index (κ3) is 2.44. The molecule has 0 saturated heterocycles. The Labute approximate surface area is 106 Å². The molecule has 18 heavy (non-hydrogen) atoms. The van der Waals surface area contributed by atoms with Gasteiger partial charge in [0.15, 0.2) is 0 Å². The molecule has 0 unspecified atom stereocenters. The number of nitrogens with zero attached hydrogens (tertiary/aromatic N) is 2. The summed E-state index contributed by atoms with van der Waals surface area (Å²) < 4.78 is 25.1. The zero-order valence-electron chi connectivity index (χ0n) is 10.6. The molecule has 7 nitrogen and oxygen atoms in total. The molecule has 0 bridgehead atoms. The van der Waals surface area contributed by atoms with Gasteiger partial charge in [-0.25, -0.2) is 12.7 Å². The highest BCUT2D eigenvalue weighted by Crippen LogP contribution is 2.30. The van der Waals surface area contributed by atoms with Gasteiger partial charge in [-0.2, -0.15) is 0 Å². The predicted molar refractivity (Wildman–Crippen MR) is 68.3 cm³/mol. The van der Waals surface area contributed by atoms with Gasteiger partial charge in [0, 0.05) is 27.2 Å². The Hall–Kier alpha value is -1.67. The summed E-state index contributed by atoms with van der Waals surface area (Å²) in [5, 5.41) is 13.5. The molecule has 100 valence electrons. The van der Waals surface area contributed by atoms with Gasteiger partial charge in [-0.15, -0.1) is 0 Å². The summed E-state index contributed by atoms with van der Waals surface area (Å²) in [4.78, 5) is 10.3. The number of nitro benzene ring substituents is 1. The zero-order chi connectivity index (χ0) is 14.1. The predicted octanol–water partition coefficient (Wildman–Crippen LogP) is 1.20. The lowest BCUT2D eigenvalue weighted by Gasteiger charge is -2.14. The second-order valence-electron chi connectivity index (χ2n) is 3.93. The Morgan fingerprint density at radius 1 is 1.33 bits per heavy atom. The summed E-state index contributed by atoms with van der Waals surface area (Å²) in [5.74, 6) is 0. The van der Waals surface area contributed by atoms with Crippen LogP contribution in [0.15, 0.2) is 17.0 Å². The molecule has 0 aliphatic carbocycles. The first-order valence-electron chi connectivity index (χ1n) is 5.11. The first-order valence-corrected chi connectivity index (χ1v) is 6.55. The van der Waals surface area contributed by atoms with Crippen molar-refractivity contribution in [1.82, 2.24) is 4.31 Å². The molecular weight excluding hydrogens is 258 g/mol. The molecule has 1 aromatic carbocycles. The third-order valence-corrected chi connectivity index (χ3v) is 4.47. The molecule has 0 saturated carbocycles. The Kier molecular flexibility index (Phi) is 3.92. The van der Waals surface area contributed by atoms with Crippen molar-refractivity contribution in [3.63, 3.8) is 0 Å². The summed E-state index contributed by atoms with van der Waals surface area (Å²) in [6.07, 6.45) is 0. The number of sulfonamides is 1. The van der Waals surface area contributed by atoms with E-state index in [1.165, 1.54) is 40.2 Å². The molecule has 1 N–H and O–H groups in total. The monoisotopic (exact) mass is 273 g/mol. The summed E-state index contributed by atoms with van der Waals surface area (Å²) in [6.45, 7) is 1.53. The molecule has 1 aromatic rings. The minimum atomic E-state index is -3.61.